The number of carbonyl (C=O) groups is 2. The third kappa shape index (κ3) is 4.61. The minimum Gasteiger partial charge on any atom is -0.496 e. The molecule has 2 heterocycles. The van der Waals surface area contributed by atoms with Crippen molar-refractivity contribution < 1.29 is 19.1 Å². The summed E-state index contributed by atoms with van der Waals surface area (Å²) in [6.07, 6.45) is 1.63. The Morgan fingerprint density at radius 3 is 2.76 bits per heavy atom. The number of amides is 1. The van der Waals surface area contributed by atoms with E-state index in [4.69, 9.17) is 14.5 Å². The zero-order valence-corrected chi connectivity index (χ0v) is 19.8. The van der Waals surface area contributed by atoms with Crippen molar-refractivity contribution in [3.05, 3.63) is 70.9 Å². The highest BCUT2D eigenvalue weighted by molar-refractivity contribution is 8.13. The number of fused-ring (bicyclic) bond motifs is 1. The summed E-state index contributed by atoms with van der Waals surface area (Å²) in [5, 5.41) is 3.89. The normalized spacial score (nSPS) is 17.7. The smallest absolute Gasteiger partial charge is 0.338 e. The van der Waals surface area contributed by atoms with Crippen molar-refractivity contribution in [3.8, 4) is 5.75 Å². The van der Waals surface area contributed by atoms with Gasteiger partial charge in [-0.05, 0) is 42.7 Å². The van der Waals surface area contributed by atoms with E-state index in [9.17, 15) is 9.59 Å². The van der Waals surface area contributed by atoms with Gasteiger partial charge in [-0.25, -0.2) is 9.79 Å². The van der Waals surface area contributed by atoms with Crippen LogP contribution in [0.3, 0.4) is 0 Å². The lowest BCUT2D eigenvalue weighted by molar-refractivity contribution is -0.137. The van der Waals surface area contributed by atoms with Crippen LogP contribution in [0, 0.1) is 0 Å². The number of carbonyl (C=O) groups excluding carboxylic acids is 2. The van der Waals surface area contributed by atoms with Crippen molar-refractivity contribution in [2.24, 2.45) is 4.99 Å². The Labute approximate surface area is 197 Å². The number of esters is 1. The van der Waals surface area contributed by atoms with Crippen LogP contribution in [-0.2, 0) is 9.53 Å². The minimum absolute atomic E-state index is 0.262. The van der Waals surface area contributed by atoms with E-state index in [0.29, 0.717) is 29.0 Å². The molecule has 2 aromatic carbocycles. The van der Waals surface area contributed by atoms with Gasteiger partial charge < -0.3 is 19.7 Å². The first-order valence-corrected chi connectivity index (χ1v) is 11.9. The van der Waals surface area contributed by atoms with E-state index in [-0.39, 0.29) is 17.9 Å². The van der Waals surface area contributed by atoms with E-state index in [0.717, 1.165) is 35.1 Å². The fourth-order valence-corrected chi connectivity index (χ4v) is 5.17. The molecule has 0 saturated carbocycles. The monoisotopic (exact) mass is 465 g/mol. The molecular formula is C25H27N3O4S. The number of benzene rings is 2. The van der Waals surface area contributed by atoms with E-state index in [1.165, 1.54) is 14.2 Å². The Balaban J connectivity index is 1.71. The van der Waals surface area contributed by atoms with Crippen molar-refractivity contribution in [1.82, 2.24) is 4.90 Å². The van der Waals surface area contributed by atoms with Crippen molar-refractivity contribution >= 4 is 34.5 Å². The van der Waals surface area contributed by atoms with Crippen LogP contribution in [0.15, 0.2) is 64.8 Å². The molecule has 1 atom stereocenters. The number of ether oxygens (including phenoxy) is 2. The Hall–Kier alpha value is -3.26. The lowest BCUT2D eigenvalue weighted by atomic mass is 9.93. The molecule has 0 aromatic heterocycles. The molecule has 8 heteroatoms. The van der Waals surface area contributed by atoms with Gasteiger partial charge in [0, 0.05) is 18.0 Å². The molecule has 2 aromatic rings. The predicted molar refractivity (Wildman–Crippen MR) is 131 cm³/mol. The molecule has 2 aliphatic rings. The van der Waals surface area contributed by atoms with Crippen LogP contribution in [0.5, 0.6) is 5.75 Å². The summed E-state index contributed by atoms with van der Waals surface area (Å²) < 4.78 is 10.5. The molecule has 0 spiro atoms. The van der Waals surface area contributed by atoms with Crippen LogP contribution in [0.25, 0.3) is 0 Å². The zero-order chi connectivity index (χ0) is 23.4. The number of hydrogen-bond donors (Lipinski definition) is 1. The van der Waals surface area contributed by atoms with Gasteiger partial charge in [0.05, 0.1) is 37.1 Å². The lowest BCUT2D eigenvalue weighted by Gasteiger charge is -2.40. The first-order chi connectivity index (χ1) is 16.1. The molecule has 1 saturated heterocycles. The Bertz CT molecular complexity index is 1130. The van der Waals surface area contributed by atoms with Gasteiger partial charge in [-0.3, -0.25) is 4.79 Å². The highest BCUT2D eigenvalue weighted by Gasteiger charge is 2.38. The third-order valence-electron chi connectivity index (χ3n) is 5.70. The second kappa shape index (κ2) is 10.1. The second-order valence-electron chi connectivity index (χ2n) is 7.68. The van der Waals surface area contributed by atoms with Crippen molar-refractivity contribution in [2.75, 3.05) is 31.8 Å². The number of allylic oxidation sites excluding steroid dienone is 1. The largest absolute Gasteiger partial charge is 0.496 e. The Morgan fingerprint density at radius 2 is 2.00 bits per heavy atom. The molecule has 0 unspecified atom stereocenters. The molecule has 0 radical (unpaired) electrons. The molecule has 1 N–H and O–H groups in total. The van der Waals surface area contributed by atoms with Gasteiger partial charge >= 0.3 is 5.97 Å². The highest BCUT2D eigenvalue weighted by Crippen LogP contribution is 2.41. The number of para-hydroxylation sites is 1. The first-order valence-electron chi connectivity index (χ1n) is 10.9. The predicted octanol–water partition coefficient (Wildman–Crippen LogP) is 4.63. The van der Waals surface area contributed by atoms with E-state index < -0.39 is 0 Å². The molecule has 33 heavy (non-hydrogen) atoms. The van der Waals surface area contributed by atoms with E-state index in [1.807, 2.05) is 37.3 Å². The maximum absolute atomic E-state index is 12.9. The standard InChI is InChI=1S/C25H27N3O4S/c1-4-19-21(24(30)32-3)22(28-13-8-14-33-25(28)27-19)16-9-7-10-17(15-16)26-23(29)18-11-5-6-12-20(18)31-2/h5-7,9-12,15,22H,4,8,13-14H2,1-3H3,(H,26,29)/t22-/m1/s1. The van der Waals surface area contributed by atoms with Crippen molar-refractivity contribution in [3.63, 3.8) is 0 Å². The van der Waals surface area contributed by atoms with Crippen molar-refractivity contribution in [1.29, 1.82) is 0 Å². The van der Waals surface area contributed by atoms with E-state index >= 15 is 0 Å². The summed E-state index contributed by atoms with van der Waals surface area (Å²) in [5.41, 5.74) is 3.29. The topological polar surface area (TPSA) is 80.2 Å². The van der Waals surface area contributed by atoms with E-state index in [2.05, 4.69) is 10.2 Å². The fraction of sp³-hybridized carbons (Fsp3) is 0.320. The lowest BCUT2D eigenvalue weighted by Crippen LogP contribution is -2.42. The molecule has 172 valence electrons. The summed E-state index contributed by atoms with van der Waals surface area (Å²) in [4.78, 5) is 32.7. The van der Waals surface area contributed by atoms with Crippen LogP contribution in [-0.4, -0.2) is 48.5 Å². The molecule has 0 aliphatic carbocycles. The zero-order valence-electron chi connectivity index (χ0n) is 19.0. The molecule has 2 aliphatic heterocycles. The average Bonchev–Trinajstić information content (AvgIpc) is 2.87. The van der Waals surface area contributed by atoms with Crippen molar-refractivity contribution in [2.45, 2.75) is 25.8 Å². The van der Waals surface area contributed by atoms with Gasteiger partial charge in [0.15, 0.2) is 5.17 Å². The number of aliphatic imine (C=N–C) groups is 1. The van der Waals surface area contributed by atoms with Crippen LogP contribution >= 0.6 is 11.8 Å². The molecule has 4 rings (SSSR count). The maximum atomic E-state index is 12.9. The fourth-order valence-electron chi connectivity index (χ4n) is 4.17. The number of methoxy groups -OCH3 is 2. The van der Waals surface area contributed by atoms with Crippen LogP contribution in [0.1, 0.15) is 41.7 Å². The van der Waals surface area contributed by atoms with Gasteiger partial charge in [0.1, 0.15) is 5.75 Å². The summed E-state index contributed by atoms with van der Waals surface area (Å²) >= 11 is 1.71. The summed E-state index contributed by atoms with van der Waals surface area (Å²) in [6, 6.07) is 14.4. The summed E-state index contributed by atoms with van der Waals surface area (Å²) in [7, 11) is 2.94. The summed E-state index contributed by atoms with van der Waals surface area (Å²) in [6.45, 7) is 2.79. The molecule has 1 amide bonds. The molecule has 0 bridgehead atoms. The highest BCUT2D eigenvalue weighted by atomic mass is 32.2. The third-order valence-corrected chi connectivity index (χ3v) is 6.78. The van der Waals surface area contributed by atoms with E-state index in [1.54, 1.807) is 30.0 Å². The quantitative estimate of drug-likeness (QED) is 0.627. The number of nitrogens with zero attached hydrogens (tertiary/aromatic N) is 2. The molecule has 1 fully saturated rings. The summed E-state index contributed by atoms with van der Waals surface area (Å²) in [5.74, 6) is 0.871. The average molecular weight is 466 g/mol. The first kappa shape index (κ1) is 22.9. The number of anilines is 1. The minimum atomic E-state index is -0.376. The Kier molecular flexibility index (Phi) is 7.03. The van der Waals surface area contributed by atoms with Crippen LogP contribution < -0.4 is 10.1 Å². The Morgan fingerprint density at radius 1 is 1.18 bits per heavy atom. The molecular weight excluding hydrogens is 438 g/mol. The van der Waals surface area contributed by atoms with Crippen LogP contribution in [0.2, 0.25) is 0 Å². The second-order valence-corrected chi connectivity index (χ2v) is 8.74. The van der Waals surface area contributed by atoms with Gasteiger partial charge in [-0.15, -0.1) is 0 Å². The maximum Gasteiger partial charge on any atom is 0.338 e. The van der Waals surface area contributed by atoms with Gasteiger partial charge in [-0.2, -0.15) is 0 Å². The van der Waals surface area contributed by atoms with Crippen LogP contribution in [0.4, 0.5) is 5.69 Å². The number of thioether (sulfide) groups is 1. The van der Waals surface area contributed by atoms with Gasteiger partial charge in [-0.1, -0.05) is 43.0 Å². The SMILES string of the molecule is CCC1=C(C(=O)OC)[C@@H](c2cccc(NC(=O)c3ccccc3OC)c2)N2CCCSC2=N1. The number of nitrogens with one attached hydrogen (secondary N) is 1. The van der Waals surface area contributed by atoms with Gasteiger partial charge in [0.2, 0.25) is 0 Å². The number of hydrogen-bond acceptors (Lipinski definition) is 7. The van der Waals surface area contributed by atoms with Gasteiger partial charge in [0.25, 0.3) is 5.91 Å². The number of amidine groups is 1. The molecule has 7 nitrogen and oxygen atoms in total. The number of rotatable bonds is 6.